The van der Waals surface area contributed by atoms with Crippen LogP contribution in [0.15, 0.2) is 18.2 Å². The van der Waals surface area contributed by atoms with Gasteiger partial charge in [0.2, 0.25) is 5.28 Å². The third-order valence-corrected chi connectivity index (χ3v) is 7.25. The number of fused-ring (bicyclic) bond motifs is 2. The lowest BCUT2D eigenvalue weighted by molar-refractivity contribution is 0.146. The number of urea groups is 1. The molecular weight excluding hydrogens is 469 g/mol. The first-order valence-corrected chi connectivity index (χ1v) is 11.7. The predicted octanol–water partition coefficient (Wildman–Crippen LogP) is 4.31. The van der Waals surface area contributed by atoms with Crippen LogP contribution in [0.25, 0.3) is 0 Å². The fourth-order valence-corrected chi connectivity index (χ4v) is 5.60. The second kappa shape index (κ2) is 8.88. The lowest BCUT2D eigenvalue weighted by Crippen LogP contribution is -2.40. The van der Waals surface area contributed by atoms with Crippen molar-refractivity contribution < 1.29 is 18.0 Å². The molecule has 11 heteroatoms. The number of carbonyl (C=O) groups excluding carboxylic acids is 1. The molecule has 1 N–H and O–H groups in total. The van der Waals surface area contributed by atoms with Gasteiger partial charge in [-0.15, -0.1) is 0 Å². The van der Waals surface area contributed by atoms with Crippen molar-refractivity contribution in [3.05, 3.63) is 51.7 Å². The summed E-state index contributed by atoms with van der Waals surface area (Å²) in [4.78, 5) is 27.7. The third kappa shape index (κ3) is 4.17. The summed E-state index contributed by atoms with van der Waals surface area (Å²) in [6.45, 7) is 5.76. The maximum absolute atomic E-state index is 14.7. The van der Waals surface area contributed by atoms with Crippen LogP contribution in [0.5, 0.6) is 0 Å². The average Bonchev–Trinajstić information content (AvgIpc) is 3.45. The van der Waals surface area contributed by atoms with Gasteiger partial charge in [0.1, 0.15) is 11.6 Å². The Morgan fingerprint density at radius 1 is 1.09 bits per heavy atom. The molecule has 4 heterocycles. The van der Waals surface area contributed by atoms with E-state index >= 15 is 0 Å². The maximum atomic E-state index is 14.7. The molecule has 0 saturated carbocycles. The number of amides is 2. The van der Waals surface area contributed by atoms with Crippen LogP contribution in [0.4, 0.5) is 23.8 Å². The molecule has 0 spiro atoms. The highest BCUT2D eigenvalue weighted by Crippen LogP contribution is 2.35. The largest absolute Gasteiger partial charge is 0.363 e. The minimum Gasteiger partial charge on any atom is -0.363 e. The fourth-order valence-electron chi connectivity index (χ4n) is 5.42. The summed E-state index contributed by atoms with van der Waals surface area (Å²) in [5.74, 6) is 0.436. The van der Waals surface area contributed by atoms with Gasteiger partial charge in [-0.3, -0.25) is 0 Å². The average molecular weight is 495 g/mol. The number of hydrogen-bond acceptors (Lipinski definition) is 5. The van der Waals surface area contributed by atoms with E-state index in [1.807, 2.05) is 4.90 Å². The number of hydrogen-bond donors (Lipinski definition) is 1. The van der Waals surface area contributed by atoms with Crippen molar-refractivity contribution in [1.82, 2.24) is 24.7 Å². The second-order valence-corrected chi connectivity index (χ2v) is 9.81. The first kappa shape index (κ1) is 23.2. The van der Waals surface area contributed by atoms with Crippen molar-refractivity contribution in [2.24, 2.45) is 11.8 Å². The quantitative estimate of drug-likeness (QED) is 0.642. The molecule has 0 unspecified atom stereocenters. The highest BCUT2D eigenvalue weighted by molar-refractivity contribution is 6.28. The third-order valence-electron chi connectivity index (χ3n) is 7.08. The molecule has 3 atom stereocenters. The molecule has 7 nitrogen and oxygen atoms in total. The number of likely N-dealkylation sites (tertiary alicyclic amines) is 2. The summed E-state index contributed by atoms with van der Waals surface area (Å²) in [7, 11) is 2.11. The Morgan fingerprint density at radius 3 is 2.44 bits per heavy atom. The number of nitrogens with zero attached hydrogens (tertiary/aromatic N) is 5. The van der Waals surface area contributed by atoms with Gasteiger partial charge in [-0.25, -0.2) is 27.9 Å². The van der Waals surface area contributed by atoms with E-state index in [4.69, 9.17) is 11.6 Å². The van der Waals surface area contributed by atoms with Crippen LogP contribution in [0.2, 0.25) is 5.28 Å². The molecule has 0 aliphatic carbocycles. The molecule has 1 aromatic heterocycles. The van der Waals surface area contributed by atoms with E-state index in [0.29, 0.717) is 42.0 Å². The van der Waals surface area contributed by atoms with Gasteiger partial charge in [0, 0.05) is 37.3 Å². The summed E-state index contributed by atoms with van der Waals surface area (Å²) in [5, 5.41) is 3.10. The van der Waals surface area contributed by atoms with Crippen LogP contribution in [0, 0.1) is 17.7 Å². The Morgan fingerprint density at radius 2 is 1.76 bits per heavy atom. The van der Waals surface area contributed by atoms with Crippen molar-refractivity contribution in [3.8, 4) is 0 Å². The number of alkyl halides is 2. The summed E-state index contributed by atoms with van der Waals surface area (Å²) in [6.07, 6.45) is -2.91. The summed E-state index contributed by atoms with van der Waals surface area (Å²) < 4.78 is 40.9. The van der Waals surface area contributed by atoms with Gasteiger partial charge >= 0.3 is 6.03 Å². The number of carbonyl (C=O) groups is 1. The molecule has 1 aromatic carbocycles. The molecule has 2 aromatic rings. The predicted molar refractivity (Wildman–Crippen MR) is 121 cm³/mol. The van der Waals surface area contributed by atoms with Crippen LogP contribution in [0.3, 0.4) is 0 Å². The zero-order valence-corrected chi connectivity index (χ0v) is 19.7. The van der Waals surface area contributed by atoms with E-state index in [9.17, 15) is 18.0 Å². The highest BCUT2D eigenvalue weighted by atomic mass is 35.5. The van der Waals surface area contributed by atoms with E-state index in [2.05, 4.69) is 27.2 Å². The zero-order chi connectivity index (χ0) is 24.1. The van der Waals surface area contributed by atoms with Crippen LogP contribution in [0.1, 0.15) is 41.8 Å². The Hall–Kier alpha value is -2.59. The van der Waals surface area contributed by atoms with E-state index in [1.54, 1.807) is 11.8 Å². The second-order valence-electron chi connectivity index (χ2n) is 9.47. The molecular formula is C23H26ClF3N6O. The molecule has 0 radical (unpaired) electrons. The van der Waals surface area contributed by atoms with E-state index in [0.717, 1.165) is 32.2 Å². The normalized spacial score (nSPS) is 22.9. The number of rotatable bonds is 4. The standard InChI is InChI=1S/C23H26ClF3N6O/c1-12(15-4-3-5-16(19(15)25)20(26)27)28-21-17-10-33(11-18(17)29-22(24)30-21)23(34)32-8-13-6-31(2)7-14(13)9-32/h3-5,12-14,20H,6-11H2,1-2H3,(H,28,29,30)/t12-,13-,14+/m1/s1. The van der Waals surface area contributed by atoms with Gasteiger partial charge in [0.25, 0.3) is 6.43 Å². The lowest BCUT2D eigenvalue weighted by atomic mass is 10.0. The van der Waals surface area contributed by atoms with Crippen LogP contribution in [-0.2, 0) is 13.1 Å². The Kier molecular flexibility index (Phi) is 6.05. The van der Waals surface area contributed by atoms with Gasteiger partial charge in [-0.05, 0) is 37.4 Å². The van der Waals surface area contributed by atoms with Crippen LogP contribution >= 0.6 is 11.6 Å². The molecule has 182 valence electrons. The monoisotopic (exact) mass is 494 g/mol. The van der Waals surface area contributed by atoms with Gasteiger partial charge in [0.05, 0.1) is 30.4 Å². The molecule has 2 saturated heterocycles. The molecule has 2 amide bonds. The molecule has 34 heavy (non-hydrogen) atoms. The van der Waals surface area contributed by atoms with E-state index in [1.165, 1.54) is 12.1 Å². The van der Waals surface area contributed by atoms with Gasteiger partial charge in [-0.2, -0.15) is 0 Å². The van der Waals surface area contributed by atoms with Gasteiger partial charge < -0.3 is 20.0 Å². The summed E-state index contributed by atoms with van der Waals surface area (Å²) in [6, 6.07) is 3.23. The van der Waals surface area contributed by atoms with Crippen molar-refractivity contribution >= 4 is 23.4 Å². The van der Waals surface area contributed by atoms with Crippen LogP contribution < -0.4 is 5.32 Å². The molecule has 5 rings (SSSR count). The van der Waals surface area contributed by atoms with Crippen molar-refractivity contribution in [2.45, 2.75) is 32.5 Å². The van der Waals surface area contributed by atoms with Gasteiger partial charge in [0.15, 0.2) is 0 Å². The Balaban J connectivity index is 1.33. The smallest absolute Gasteiger partial charge is 0.320 e. The Labute approximate surface area is 200 Å². The maximum Gasteiger partial charge on any atom is 0.320 e. The topological polar surface area (TPSA) is 64.6 Å². The van der Waals surface area contributed by atoms with Crippen molar-refractivity contribution in [3.63, 3.8) is 0 Å². The van der Waals surface area contributed by atoms with Crippen molar-refractivity contribution in [2.75, 3.05) is 38.5 Å². The van der Waals surface area contributed by atoms with Gasteiger partial charge in [-0.1, -0.05) is 18.2 Å². The van der Waals surface area contributed by atoms with Crippen LogP contribution in [-0.4, -0.2) is 63.9 Å². The molecule has 3 aliphatic heterocycles. The SMILES string of the molecule is C[C@@H](Nc1nc(Cl)nc2c1CN(C(=O)N1C[C@H]3CN(C)C[C@H]3C1)C2)c1cccc(C(F)F)c1F. The lowest BCUT2D eigenvalue weighted by Gasteiger charge is -2.25. The number of aromatic nitrogens is 2. The minimum absolute atomic E-state index is 0.00305. The number of benzene rings is 1. The fraction of sp³-hybridized carbons (Fsp3) is 0.522. The zero-order valence-electron chi connectivity index (χ0n) is 18.9. The van der Waals surface area contributed by atoms with E-state index in [-0.39, 0.29) is 16.9 Å². The number of nitrogens with one attached hydrogen (secondary N) is 1. The first-order valence-electron chi connectivity index (χ1n) is 11.3. The Bertz CT molecular complexity index is 1100. The summed E-state index contributed by atoms with van der Waals surface area (Å²) >= 11 is 6.13. The highest BCUT2D eigenvalue weighted by Gasteiger charge is 2.42. The molecule has 2 fully saturated rings. The first-order chi connectivity index (χ1) is 16.2. The number of anilines is 1. The molecule has 0 bridgehead atoms. The van der Waals surface area contributed by atoms with E-state index < -0.39 is 23.8 Å². The summed E-state index contributed by atoms with van der Waals surface area (Å²) in [5.41, 5.74) is 0.786. The minimum atomic E-state index is -2.91. The van der Waals surface area contributed by atoms with Crippen molar-refractivity contribution in [1.29, 1.82) is 0 Å². The molecule has 3 aliphatic rings. The number of halogens is 4.